The average Bonchev–Trinajstić information content (AvgIpc) is 3.01. The Morgan fingerprint density at radius 1 is 1.26 bits per heavy atom. The van der Waals surface area contributed by atoms with Gasteiger partial charge in [0.05, 0.1) is 17.2 Å². The minimum atomic E-state index is -3.69. The van der Waals surface area contributed by atoms with Crippen molar-refractivity contribution >= 4 is 15.9 Å². The van der Waals surface area contributed by atoms with Gasteiger partial charge in [0.1, 0.15) is 5.76 Å². The van der Waals surface area contributed by atoms with Crippen molar-refractivity contribution in [1.82, 2.24) is 9.62 Å². The second kappa shape index (κ2) is 6.95. The van der Waals surface area contributed by atoms with Crippen LogP contribution in [0.4, 0.5) is 0 Å². The van der Waals surface area contributed by atoms with Crippen LogP contribution in [0.25, 0.3) is 0 Å². The molecule has 0 aliphatic heterocycles. The van der Waals surface area contributed by atoms with Crippen LogP contribution in [0.1, 0.15) is 22.2 Å². The molecule has 1 unspecified atom stereocenters. The summed E-state index contributed by atoms with van der Waals surface area (Å²) in [6.07, 6.45) is 1.54. The second-order valence-corrected chi connectivity index (χ2v) is 7.00. The van der Waals surface area contributed by atoms with Gasteiger partial charge in [-0.3, -0.25) is 9.69 Å². The highest BCUT2D eigenvalue weighted by Gasteiger charge is 2.21. The molecule has 8 heteroatoms. The molecule has 124 valence electrons. The largest absolute Gasteiger partial charge is 0.468 e. The molecule has 0 bridgehead atoms. The van der Waals surface area contributed by atoms with Crippen molar-refractivity contribution in [3.63, 3.8) is 0 Å². The molecule has 0 aliphatic carbocycles. The van der Waals surface area contributed by atoms with Crippen molar-refractivity contribution in [2.24, 2.45) is 5.73 Å². The first kappa shape index (κ1) is 17.2. The number of rotatable bonds is 7. The summed E-state index contributed by atoms with van der Waals surface area (Å²) >= 11 is 0. The zero-order chi connectivity index (χ0) is 17.0. The molecule has 1 amide bonds. The van der Waals surface area contributed by atoms with Crippen LogP contribution in [0.5, 0.6) is 0 Å². The molecule has 1 heterocycles. The van der Waals surface area contributed by atoms with Crippen molar-refractivity contribution < 1.29 is 17.6 Å². The molecule has 0 radical (unpaired) electrons. The van der Waals surface area contributed by atoms with Gasteiger partial charge in [-0.25, -0.2) is 13.1 Å². The van der Waals surface area contributed by atoms with Crippen LogP contribution >= 0.6 is 0 Å². The summed E-state index contributed by atoms with van der Waals surface area (Å²) in [5.74, 6) is 0.0641. The maximum Gasteiger partial charge on any atom is 0.248 e. The maximum atomic E-state index is 12.3. The molecule has 1 aromatic carbocycles. The number of benzene rings is 1. The summed E-state index contributed by atoms with van der Waals surface area (Å²) in [6, 6.07) is 8.77. The highest BCUT2D eigenvalue weighted by molar-refractivity contribution is 7.89. The van der Waals surface area contributed by atoms with Crippen LogP contribution in [-0.2, 0) is 10.0 Å². The molecule has 0 saturated heterocycles. The van der Waals surface area contributed by atoms with E-state index >= 15 is 0 Å². The number of nitrogens with one attached hydrogen (secondary N) is 1. The van der Waals surface area contributed by atoms with E-state index in [1.165, 1.54) is 24.3 Å². The highest BCUT2D eigenvalue weighted by Crippen LogP contribution is 2.19. The van der Waals surface area contributed by atoms with Crippen LogP contribution in [0, 0.1) is 0 Å². The Kier molecular flexibility index (Phi) is 5.19. The van der Waals surface area contributed by atoms with Gasteiger partial charge in [-0.05, 0) is 50.5 Å². The van der Waals surface area contributed by atoms with Crippen molar-refractivity contribution in [3.05, 3.63) is 54.0 Å². The number of hydrogen-bond acceptors (Lipinski definition) is 5. The van der Waals surface area contributed by atoms with Gasteiger partial charge in [-0.2, -0.15) is 0 Å². The molecule has 3 N–H and O–H groups in total. The van der Waals surface area contributed by atoms with Crippen LogP contribution in [0.2, 0.25) is 0 Å². The van der Waals surface area contributed by atoms with Gasteiger partial charge < -0.3 is 10.2 Å². The number of nitrogens with zero attached hydrogens (tertiary/aromatic N) is 1. The van der Waals surface area contributed by atoms with Gasteiger partial charge in [-0.15, -0.1) is 0 Å². The van der Waals surface area contributed by atoms with Crippen molar-refractivity contribution in [2.75, 3.05) is 20.6 Å². The van der Waals surface area contributed by atoms with E-state index in [0.29, 0.717) is 5.76 Å². The predicted molar refractivity (Wildman–Crippen MR) is 85.3 cm³/mol. The summed E-state index contributed by atoms with van der Waals surface area (Å²) in [6.45, 7) is 0.153. The van der Waals surface area contributed by atoms with E-state index < -0.39 is 15.9 Å². The minimum absolute atomic E-state index is 0.0689. The Morgan fingerprint density at radius 2 is 1.91 bits per heavy atom. The monoisotopic (exact) mass is 337 g/mol. The second-order valence-electron chi connectivity index (χ2n) is 5.24. The fourth-order valence-corrected chi connectivity index (χ4v) is 3.13. The maximum absolute atomic E-state index is 12.3. The summed E-state index contributed by atoms with van der Waals surface area (Å²) < 4.78 is 32.6. The number of furan rings is 1. The van der Waals surface area contributed by atoms with Crippen molar-refractivity contribution in [1.29, 1.82) is 0 Å². The molecular weight excluding hydrogens is 318 g/mol. The first-order valence-corrected chi connectivity index (χ1v) is 8.39. The number of hydrogen-bond donors (Lipinski definition) is 2. The topological polar surface area (TPSA) is 106 Å². The zero-order valence-electron chi connectivity index (χ0n) is 12.9. The molecule has 23 heavy (non-hydrogen) atoms. The zero-order valence-corrected chi connectivity index (χ0v) is 13.7. The van der Waals surface area contributed by atoms with E-state index in [4.69, 9.17) is 10.2 Å². The first-order chi connectivity index (χ1) is 10.8. The van der Waals surface area contributed by atoms with Crippen LogP contribution in [0.15, 0.2) is 52.0 Å². The summed E-state index contributed by atoms with van der Waals surface area (Å²) in [4.78, 5) is 13.0. The Balaban J connectivity index is 2.12. The SMILES string of the molecule is CN(C)C(CNS(=O)(=O)c1ccc(C(N)=O)cc1)c1ccco1. The normalized spacial score (nSPS) is 13.2. The number of primary amides is 1. The number of carbonyl (C=O) groups is 1. The fraction of sp³-hybridized carbons (Fsp3) is 0.267. The number of nitrogens with two attached hydrogens (primary N) is 1. The number of amides is 1. The molecule has 0 spiro atoms. The van der Waals surface area contributed by atoms with E-state index in [-0.39, 0.29) is 23.0 Å². The van der Waals surface area contributed by atoms with Gasteiger partial charge in [0.25, 0.3) is 0 Å². The Morgan fingerprint density at radius 3 is 2.39 bits per heavy atom. The number of carbonyl (C=O) groups excluding carboxylic acids is 1. The van der Waals surface area contributed by atoms with E-state index in [9.17, 15) is 13.2 Å². The van der Waals surface area contributed by atoms with E-state index in [1.807, 2.05) is 19.0 Å². The standard InChI is InChI=1S/C15H19N3O4S/c1-18(2)13(14-4-3-9-22-14)10-17-23(20,21)12-7-5-11(6-8-12)15(16)19/h3-9,13,17H,10H2,1-2H3,(H2,16,19). The van der Waals surface area contributed by atoms with Gasteiger partial charge >= 0.3 is 0 Å². The summed E-state index contributed by atoms with van der Waals surface area (Å²) in [5.41, 5.74) is 5.39. The molecule has 1 aromatic heterocycles. The number of likely N-dealkylation sites (N-methyl/N-ethyl adjacent to an activating group) is 1. The van der Waals surface area contributed by atoms with Gasteiger partial charge in [0.2, 0.25) is 15.9 Å². The van der Waals surface area contributed by atoms with Crippen molar-refractivity contribution in [2.45, 2.75) is 10.9 Å². The lowest BCUT2D eigenvalue weighted by Gasteiger charge is -2.22. The third kappa shape index (κ3) is 4.19. The third-order valence-electron chi connectivity index (χ3n) is 3.41. The van der Waals surface area contributed by atoms with Crippen LogP contribution in [0.3, 0.4) is 0 Å². The fourth-order valence-electron chi connectivity index (χ4n) is 2.09. The molecule has 2 rings (SSSR count). The molecule has 2 aromatic rings. The Bertz CT molecular complexity index is 753. The molecule has 0 fully saturated rings. The lowest BCUT2D eigenvalue weighted by molar-refractivity contribution is 0.1000. The molecule has 0 saturated carbocycles. The smallest absolute Gasteiger partial charge is 0.248 e. The first-order valence-electron chi connectivity index (χ1n) is 6.90. The molecule has 1 atom stereocenters. The van der Waals surface area contributed by atoms with E-state index in [0.717, 1.165) is 0 Å². The van der Waals surface area contributed by atoms with Gasteiger partial charge in [-0.1, -0.05) is 0 Å². The summed E-state index contributed by atoms with van der Waals surface area (Å²) in [7, 11) is -0.0199. The van der Waals surface area contributed by atoms with E-state index in [2.05, 4.69) is 4.72 Å². The lowest BCUT2D eigenvalue weighted by atomic mass is 10.2. The minimum Gasteiger partial charge on any atom is -0.468 e. The van der Waals surface area contributed by atoms with E-state index in [1.54, 1.807) is 18.4 Å². The highest BCUT2D eigenvalue weighted by atomic mass is 32.2. The summed E-state index contributed by atoms with van der Waals surface area (Å²) in [5, 5.41) is 0. The van der Waals surface area contributed by atoms with Crippen molar-refractivity contribution in [3.8, 4) is 0 Å². The molecular formula is C15H19N3O4S. The average molecular weight is 337 g/mol. The van der Waals surface area contributed by atoms with Crippen LogP contribution < -0.4 is 10.5 Å². The molecule has 7 nitrogen and oxygen atoms in total. The quantitative estimate of drug-likeness (QED) is 0.783. The van der Waals surface area contributed by atoms with Crippen LogP contribution in [-0.4, -0.2) is 39.9 Å². The Labute approximate surface area is 135 Å². The predicted octanol–water partition coefficient (Wildman–Crippen LogP) is 0.960. The van der Waals surface area contributed by atoms with Gasteiger partial charge in [0, 0.05) is 12.1 Å². The third-order valence-corrected chi connectivity index (χ3v) is 4.85. The Hall–Kier alpha value is -2.16. The molecule has 0 aliphatic rings. The lowest BCUT2D eigenvalue weighted by Crippen LogP contribution is -2.34. The van der Waals surface area contributed by atoms with Gasteiger partial charge in [0.15, 0.2) is 0 Å². The number of sulfonamides is 1.